The molecule has 27 heavy (non-hydrogen) atoms. The average Bonchev–Trinajstić information content (AvgIpc) is 3.02. The van der Waals surface area contributed by atoms with Crippen molar-refractivity contribution < 1.29 is 24.8 Å². The van der Waals surface area contributed by atoms with Crippen molar-refractivity contribution in [3.05, 3.63) is 0 Å². The lowest BCUT2D eigenvalue weighted by atomic mass is 10.0. The minimum atomic E-state index is -1.07. The van der Waals surface area contributed by atoms with Crippen LogP contribution in [-0.2, 0) is 9.47 Å². The fraction of sp³-hybridized carbons (Fsp3) is 0.952. The summed E-state index contributed by atoms with van der Waals surface area (Å²) in [6.07, 6.45) is 12.9. The predicted molar refractivity (Wildman–Crippen MR) is 112 cm³/mol. The van der Waals surface area contributed by atoms with Crippen LogP contribution in [0, 0.1) is 0 Å². The molecule has 3 N–H and O–H groups in total. The molecule has 1 aliphatic rings. The summed E-state index contributed by atoms with van der Waals surface area (Å²) in [4.78, 5) is 0. The van der Waals surface area contributed by atoms with E-state index in [4.69, 9.17) is 26.8 Å². The van der Waals surface area contributed by atoms with Gasteiger partial charge in [0.05, 0.1) is 13.2 Å². The lowest BCUT2D eigenvalue weighted by molar-refractivity contribution is -0.0642. The Morgan fingerprint density at radius 1 is 1.00 bits per heavy atom. The molecule has 0 unspecified atom stereocenters. The van der Waals surface area contributed by atoms with E-state index in [-0.39, 0.29) is 6.61 Å². The first kappa shape index (κ1) is 24.8. The number of hydrogen-bond acceptors (Lipinski definition) is 6. The van der Waals surface area contributed by atoms with E-state index in [1.54, 1.807) is 0 Å². The third-order valence-electron chi connectivity index (χ3n) is 5.23. The Labute approximate surface area is 170 Å². The molecule has 1 heterocycles. The summed E-state index contributed by atoms with van der Waals surface area (Å²) in [6.45, 7) is 1.92. The molecule has 0 aromatic rings. The van der Waals surface area contributed by atoms with Gasteiger partial charge in [0, 0.05) is 6.42 Å². The van der Waals surface area contributed by atoms with Gasteiger partial charge in [-0.25, -0.2) is 0 Å². The van der Waals surface area contributed by atoms with Crippen LogP contribution in [0.2, 0.25) is 0 Å². The van der Waals surface area contributed by atoms with Gasteiger partial charge in [-0.1, -0.05) is 77.6 Å². The summed E-state index contributed by atoms with van der Waals surface area (Å²) in [5, 5.41) is 29.2. The van der Waals surface area contributed by atoms with E-state index >= 15 is 0 Å². The fourth-order valence-corrected chi connectivity index (χ4v) is 3.77. The van der Waals surface area contributed by atoms with Crippen LogP contribution in [0.25, 0.3) is 0 Å². The zero-order valence-electron chi connectivity index (χ0n) is 17.0. The number of unbranched alkanes of at least 4 members (excludes halogenated alkanes) is 11. The Balaban J connectivity index is 1.99. The number of aliphatic hydroxyl groups excluding tert-OH is 3. The Kier molecular flexibility index (Phi) is 14.3. The van der Waals surface area contributed by atoms with Crippen molar-refractivity contribution in [2.45, 2.75) is 115 Å². The van der Waals surface area contributed by atoms with E-state index in [1.165, 1.54) is 64.2 Å². The van der Waals surface area contributed by atoms with E-state index in [0.717, 1.165) is 12.8 Å². The van der Waals surface area contributed by atoms with E-state index in [9.17, 15) is 10.2 Å². The van der Waals surface area contributed by atoms with Gasteiger partial charge in [-0.3, -0.25) is 0 Å². The SMILES string of the molecule is CCCCCCCCCCCCCCC(=S)O[C@H]1[C@@H]([C@@H](O)CO)OC[C@H]1O. The molecule has 1 aliphatic heterocycles. The number of rotatable bonds is 16. The smallest absolute Gasteiger partial charge is 0.160 e. The molecule has 5 nitrogen and oxygen atoms in total. The number of thiocarbonyl (C=S) groups is 1. The first-order valence-electron chi connectivity index (χ1n) is 10.9. The third kappa shape index (κ3) is 10.7. The van der Waals surface area contributed by atoms with Crippen LogP contribution in [0.15, 0.2) is 0 Å². The van der Waals surface area contributed by atoms with Crippen molar-refractivity contribution in [1.82, 2.24) is 0 Å². The largest absolute Gasteiger partial charge is 0.478 e. The number of aliphatic hydroxyl groups is 3. The van der Waals surface area contributed by atoms with Crippen molar-refractivity contribution in [1.29, 1.82) is 0 Å². The van der Waals surface area contributed by atoms with Gasteiger partial charge in [-0.2, -0.15) is 0 Å². The highest BCUT2D eigenvalue weighted by Crippen LogP contribution is 2.22. The first-order valence-corrected chi connectivity index (χ1v) is 11.3. The topological polar surface area (TPSA) is 79.2 Å². The maximum absolute atomic E-state index is 9.92. The van der Waals surface area contributed by atoms with Crippen LogP contribution < -0.4 is 0 Å². The molecule has 0 bridgehead atoms. The predicted octanol–water partition coefficient (Wildman–Crippen LogP) is 3.90. The average molecular weight is 405 g/mol. The number of ether oxygens (including phenoxy) is 2. The van der Waals surface area contributed by atoms with Crippen LogP contribution >= 0.6 is 12.2 Å². The molecule has 6 heteroatoms. The summed E-state index contributed by atoms with van der Waals surface area (Å²) in [5.74, 6) is 0. The Bertz CT molecular complexity index is 380. The molecule has 0 aromatic heterocycles. The summed E-state index contributed by atoms with van der Waals surface area (Å²) >= 11 is 5.27. The van der Waals surface area contributed by atoms with Crippen LogP contribution in [-0.4, -0.2) is 58.0 Å². The first-order chi connectivity index (χ1) is 13.1. The van der Waals surface area contributed by atoms with Crippen molar-refractivity contribution in [3.63, 3.8) is 0 Å². The lowest BCUT2D eigenvalue weighted by Crippen LogP contribution is -2.43. The van der Waals surface area contributed by atoms with E-state index < -0.39 is 31.0 Å². The summed E-state index contributed by atoms with van der Waals surface area (Å²) in [6, 6.07) is 0. The van der Waals surface area contributed by atoms with Crippen molar-refractivity contribution >= 4 is 17.3 Å². The van der Waals surface area contributed by atoms with Crippen LogP contribution in [0.4, 0.5) is 0 Å². The molecular weight excluding hydrogens is 364 g/mol. The molecule has 0 aromatic carbocycles. The second-order valence-electron chi connectivity index (χ2n) is 7.71. The molecule has 1 fully saturated rings. The maximum atomic E-state index is 9.92. The quantitative estimate of drug-likeness (QED) is 0.267. The molecule has 0 radical (unpaired) electrons. The molecule has 0 spiro atoms. The minimum Gasteiger partial charge on any atom is -0.478 e. The van der Waals surface area contributed by atoms with Gasteiger partial charge in [-0.05, 0) is 18.6 Å². The third-order valence-corrected chi connectivity index (χ3v) is 5.53. The highest BCUT2D eigenvalue weighted by Gasteiger charge is 2.42. The van der Waals surface area contributed by atoms with Gasteiger partial charge in [0.15, 0.2) is 11.2 Å². The van der Waals surface area contributed by atoms with Gasteiger partial charge in [0.1, 0.15) is 18.3 Å². The van der Waals surface area contributed by atoms with Gasteiger partial charge in [0.25, 0.3) is 0 Å². The summed E-state index contributed by atoms with van der Waals surface area (Å²) < 4.78 is 10.9. The van der Waals surface area contributed by atoms with E-state index in [2.05, 4.69) is 6.92 Å². The second-order valence-corrected chi connectivity index (χ2v) is 8.16. The normalized spacial score (nSPS) is 23.5. The molecule has 4 atom stereocenters. The highest BCUT2D eigenvalue weighted by molar-refractivity contribution is 7.80. The van der Waals surface area contributed by atoms with Crippen molar-refractivity contribution in [2.75, 3.05) is 13.2 Å². The Morgan fingerprint density at radius 2 is 1.52 bits per heavy atom. The fourth-order valence-electron chi connectivity index (χ4n) is 3.52. The van der Waals surface area contributed by atoms with E-state index in [1.807, 2.05) is 0 Å². The maximum Gasteiger partial charge on any atom is 0.160 e. The Morgan fingerprint density at radius 3 is 2.04 bits per heavy atom. The van der Waals surface area contributed by atoms with Gasteiger partial charge >= 0.3 is 0 Å². The standard InChI is InChI=1S/C21H40O5S/c1-2-3-4-5-6-7-8-9-10-11-12-13-14-19(27)26-21-18(24)16-25-20(21)17(23)15-22/h17-18,20-24H,2-16H2,1H3/t17-,18+,20+,21+/m0/s1. The van der Waals surface area contributed by atoms with Crippen LogP contribution in [0.3, 0.4) is 0 Å². The van der Waals surface area contributed by atoms with Crippen molar-refractivity contribution in [3.8, 4) is 0 Å². The molecule has 1 rings (SSSR count). The molecule has 160 valence electrons. The van der Waals surface area contributed by atoms with Gasteiger partial charge < -0.3 is 24.8 Å². The van der Waals surface area contributed by atoms with Crippen LogP contribution in [0.1, 0.15) is 90.4 Å². The monoisotopic (exact) mass is 404 g/mol. The molecular formula is C21H40O5S. The zero-order chi connectivity index (χ0) is 19.9. The number of hydrogen-bond donors (Lipinski definition) is 3. The van der Waals surface area contributed by atoms with Crippen LogP contribution in [0.5, 0.6) is 0 Å². The molecule has 0 saturated carbocycles. The molecule has 0 aliphatic carbocycles. The zero-order valence-corrected chi connectivity index (χ0v) is 17.8. The lowest BCUT2D eigenvalue weighted by Gasteiger charge is -2.24. The molecule has 1 saturated heterocycles. The minimum absolute atomic E-state index is 0.0909. The van der Waals surface area contributed by atoms with Crippen molar-refractivity contribution in [2.24, 2.45) is 0 Å². The van der Waals surface area contributed by atoms with E-state index in [0.29, 0.717) is 11.5 Å². The Hall–Kier alpha value is -0.270. The second kappa shape index (κ2) is 15.6. The van der Waals surface area contributed by atoms with Gasteiger partial charge in [0.2, 0.25) is 0 Å². The summed E-state index contributed by atoms with van der Waals surface area (Å²) in [7, 11) is 0. The summed E-state index contributed by atoms with van der Waals surface area (Å²) in [5.41, 5.74) is 0. The molecule has 0 amide bonds. The highest BCUT2D eigenvalue weighted by atomic mass is 32.1. The van der Waals surface area contributed by atoms with Gasteiger partial charge in [-0.15, -0.1) is 0 Å².